The van der Waals surface area contributed by atoms with Crippen LogP contribution in [0.15, 0.2) is 53.1 Å². The molecule has 0 bridgehead atoms. The lowest BCUT2D eigenvalue weighted by Gasteiger charge is -2.03. The van der Waals surface area contributed by atoms with Gasteiger partial charge in [0.25, 0.3) is 0 Å². The molecule has 4 aromatic rings. The second kappa shape index (κ2) is 6.32. The summed E-state index contributed by atoms with van der Waals surface area (Å²) in [6.45, 7) is 6.54. The van der Waals surface area contributed by atoms with Gasteiger partial charge in [-0.2, -0.15) is 0 Å². The molecular formula is C22H22N2O. The highest BCUT2D eigenvalue weighted by molar-refractivity contribution is 6.08. The number of hydrogen-bond donors (Lipinski definition) is 0. The van der Waals surface area contributed by atoms with Gasteiger partial charge >= 0.3 is 0 Å². The number of hydrogen-bond acceptors (Lipinski definition) is 3. The lowest BCUT2D eigenvalue weighted by atomic mass is 10.0. The maximum atomic E-state index is 6.17. The smallest absolute Gasteiger partial charge is 0.227 e. The van der Waals surface area contributed by atoms with Gasteiger partial charge in [0.05, 0.1) is 5.69 Å². The zero-order valence-corrected chi connectivity index (χ0v) is 14.9. The Hall–Kier alpha value is -2.68. The van der Waals surface area contributed by atoms with Crippen LogP contribution in [-0.2, 0) is 12.8 Å². The molecule has 0 aliphatic heterocycles. The fraction of sp³-hybridized carbons (Fsp3) is 0.273. The van der Waals surface area contributed by atoms with Crippen molar-refractivity contribution < 1.29 is 4.42 Å². The van der Waals surface area contributed by atoms with Crippen molar-refractivity contribution in [2.24, 2.45) is 5.92 Å². The number of benzene rings is 1. The van der Waals surface area contributed by atoms with E-state index in [4.69, 9.17) is 9.40 Å². The molecule has 0 saturated heterocycles. The third kappa shape index (κ3) is 2.91. The van der Waals surface area contributed by atoms with E-state index in [-0.39, 0.29) is 0 Å². The number of para-hydroxylation sites is 1. The van der Waals surface area contributed by atoms with Crippen molar-refractivity contribution in [2.45, 2.75) is 33.6 Å². The van der Waals surface area contributed by atoms with Crippen molar-refractivity contribution >= 4 is 22.1 Å². The highest BCUT2D eigenvalue weighted by Crippen LogP contribution is 2.34. The van der Waals surface area contributed by atoms with Crippen molar-refractivity contribution in [3.63, 3.8) is 0 Å². The summed E-state index contributed by atoms with van der Waals surface area (Å²) in [4.78, 5) is 9.34. The fourth-order valence-corrected chi connectivity index (χ4v) is 3.24. The molecule has 0 saturated carbocycles. The van der Waals surface area contributed by atoms with E-state index < -0.39 is 0 Å². The van der Waals surface area contributed by atoms with Crippen molar-refractivity contribution in [1.82, 2.24) is 9.97 Å². The molecular weight excluding hydrogens is 308 g/mol. The molecule has 0 radical (unpaired) electrons. The van der Waals surface area contributed by atoms with Gasteiger partial charge < -0.3 is 4.42 Å². The molecule has 3 nitrogen and oxygen atoms in total. The Bertz CT molecular complexity index is 1030. The van der Waals surface area contributed by atoms with Crippen LogP contribution >= 0.6 is 0 Å². The number of pyridine rings is 2. The van der Waals surface area contributed by atoms with E-state index in [1.54, 1.807) is 0 Å². The van der Waals surface area contributed by atoms with Crippen LogP contribution in [0.3, 0.4) is 0 Å². The highest BCUT2D eigenvalue weighted by atomic mass is 16.3. The van der Waals surface area contributed by atoms with Gasteiger partial charge in [0, 0.05) is 28.2 Å². The molecule has 0 fully saturated rings. The summed E-state index contributed by atoms with van der Waals surface area (Å²) in [7, 11) is 0. The molecule has 0 aliphatic rings. The Labute approximate surface area is 147 Å². The number of aryl methyl sites for hydroxylation is 1. The number of aromatic nitrogens is 2. The number of nitrogens with zero attached hydrogens (tertiary/aromatic N) is 2. The van der Waals surface area contributed by atoms with Crippen molar-refractivity contribution in [3.05, 3.63) is 59.9 Å². The summed E-state index contributed by atoms with van der Waals surface area (Å²) >= 11 is 0. The molecule has 4 rings (SSSR count). The largest absolute Gasteiger partial charge is 0.437 e. The Morgan fingerprint density at radius 1 is 1.00 bits per heavy atom. The Morgan fingerprint density at radius 2 is 1.88 bits per heavy atom. The number of fused-ring (bicyclic) bond motifs is 3. The summed E-state index contributed by atoms with van der Waals surface area (Å²) in [6, 6.07) is 14.6. The van der Waals surface area contributed by atoms with Crippen LogP contribution in [-0.4, -0.2) is 9.97 Å². The van der Waals surface area contributed by atoms with Gasteiger partial charge in [0.2, 0.25) is 5.71 Å². The normalized spacial score (nSPS) is 11.7. The first kappa shape index (κ1) is 15.8. The molecule has 1 aromatic carbocycles. The van der Waals surface area contributed by atoms with E-state index in [2.05, 4.69) is 68.2 Å². The van der Waals surface area contributed by atoms with Crippen LogP contribution in [0.5, 0.6) is 0 Å². The minimum atomic E-state index is 0.575. The van der Waals surface area contributed by atoms with Crippen LogP contribution < -0.4 is 0 Å². The van der Waals surface area contributed by atoms with Gasteiger partial charge in [-0.15, -0.1) is 0 Å². The first-order chi connectivity index (χ1) is 12.2. The second-order valence-corrected chi connectivity index (χ2v) is 6.94. The predicted octanol–water partition coefficient (Wildman–Crippen LogP) is 5.80. The van der Waals surface area contributed by atoms with Gasteiger partial charge in [0.15, 0.2) is 0 Å². The molecule has 3 heterocycles. The van der Waals surface area contributed by atoms with Gasteiger partial charge in [-0.25, -0.2) is 4.98 Å². The average molecular weight is 330 g/mol. The zero-order chi connectivity index (χ0) is 17.4. The summed E-state index contributed by atoms with van der Waals surface area (Å²) in [5.41, 5.74) is 5.84. The first-order valence-electron chi connectivity index (χ1n) is 8.92. The first-order valence-corrected chi connectivity index (χ1v) is 8.92. The predicted molar refractivity (Wildman–Crippen MR) is 103 cm³/mol. The SMILES string of the molecule is CCc1ccc(-c2cccc3c2oc2nc(CC(C)C)ccc23)nc1. The minimum Gasteiger partial charge on any atom is -0.437 e. The topological polar surface area (TPSA) is 38.9 Å². The molecule has 25 heavy (non-hydrogen) atoms. The van der Waals surface area contributed by atoms with E-state index in [1.165, 1.54) is 5.56 Å². The van der Waals surface area contributed by atoms with Crippen LogP contribution in [0.1, 0.15) is 32.0 Å². The molecule has 0 spiro atoms. The molecule has 0 aliphatic carbocycles. The van der Waals surface area contributed by atoms with Crippen molar-refractivity contribution in [3.8, 4) is 11.3 Å². The Balaban J connectivity index is 1.87. The molecule has 0 unspecified atom stereocenters. The van der Waals surface area contributed by atoms with E-state index in [1.807, 2.05) is 6.20 Å². The van der Waals surface area contributed by atoms with E-state index >= 15 is 0 Å². The summed E-state index contributed by atoms with van der Waals surface area (Å²) in [5.74, 6) is 0.575. The molecule has 0 amide bonds. The third-order valence-corrected chi connectivity index (χ3v) is 4.55. The minimum absolute atomic E-state index is 0.575. The van der Waals surface area contributed by atoms with Crippen molar-refractivity contribution in [2.75, 3.05) is 0 Å². The quantitative estimate of drug-likeness (QED) is 0.474. The average Bonchev–Trinajstić information content (AvgIpc) is 2.99. The van der Waals surface area contributed by atoms with Gasteiger partial charge in [-0.3, -0.25) is 4.98 Å². The van der Waals surface area contributed by atoms with Gasteiger partial charge in [-0.05, 0) is 48.6 Å². The third-order valence-electron chi connectivity index (χ3n) is 4.55. The Morgan fingerprint density at radius 3 is 2.60 bits per heavy atom. The lowest BCUT2D eigenvalue weighted by molar-refractivity contribution is 0.621. The monoisotopic (exact) mass is 330 g/mol. The second-order valence-electron chi connectivity index (χ2n) is 6.94. The maximum Gasteiger partial charge on any atom is 0.227 e. The molecule has 0 N–H and O–H groups in total. The van der Waals surface area contributed by atoms with Crippen molar-refractivity contribution in [1.29, 1.82) is 0 Å². The van der Waals surface area contributed by atoms with Crippen LogP contribution in [0, 0.1) is 5.92 Å². The fourth-order valence-electron chi connectivity index (χ4n) is 3.24. The van der Waals surface area contributed by atoms with E-state index in [0.29, 0.717) is 11.6 Å². The molecule has 0 atom stereocenters. The summed E-state index contributed by atoms with van der Waals surface area (Å²) in [6.07, 6.45) is 3.89. The summed E-state index contributed by atoms with van der Waals surface area (Å²) in [5, 5.41) is 2.16. The summed E-state index contributed by atoms with van der Waals surface area (Å²) < 4.78 is 6.17. The van der Waals surface area contributed by atoms with Crippen LogP contribution in [0.4, 0.5) is 0 Å². The highest BCUT2D eigenvalue weighted by Gasteiger charge is 2.14. The van der Waals surface area contributed by atoms with E-state index in [0.717, 1.165) is 46.1 Å². The van der Waals surface area contributed by atoms with Crippen LogP contribution in [0.2, 0.25) is 0 Å². The molecule has 3 aromatic heterocycles. The molecule has 3 heteroatoms. The van der Waals surface area contributed by atoms with Gasteiger partial charge in [0.1, 0.15) is 5.58 Å². The Kier molecular flexibility index (Phi) is 4.00. The van der Waals surface area contributed by atoms with Crippen LogP contribution in [0.25, 0.3) is 33.3 Å². The van der Waals surface area contributed by atoms with Gasteiger partial charge in [-0.1, -0.05) is 39.0 Å². The zero-order valence-electron chi connectivity index (χ0n) is 14.9. The number of furan rings is 1. The standard InChI is InChI=1S/C22H22N2O/c1-4-15-8-11-20(23-13-15)19-7-5-6-17-18-10-9-16(12-14(2)3)24-22(18)25-21(17)19/h5-11,13-14H,4,12H2,1-3H3. The molecule has 126 valence electrons. The van der Waals surface area contributed by atoms with E-state index in [9.17, 15) is 0 Å². The maximum absolute atomic E-state index is 6.17. The lowest BCUT2D eigenvalue weighted by Crippen LogP contribution is -1.96. The number of rotatable bonds is 4.